The highest BCUT2D eigenvalue weighted by Crippen LogP contribution is 2.16. The van der Waals surface area contributed by atoms with E-state index in [4.69, 9.17) is 4.74 Å². The minimum absolute atomic E-state index is 0.165. The van der Waals surface area contributed by atoms with E-state index in [9.17, 15) is 4.39 Å². The third-order valence-corrected chi connectivity index (χ3v) is 2.60. The molecule has 90 valence electrons. The van der Waals surface area contributed by atoms with Crippen molar-refractivity contribution in [3.8, 4) is 5.75 Å². The van der Waals surface area contributed by atoms with Crippen LogP contribution in [0.2, 0.25) is 0 Å². The van der Waals surface area contributed by atoms with Gasteiger partial charge in [-0.25, -0.2) is 4.39 Å². The number of hydrogen-bond donors (Lipinski definition) is 0. The van der Waals surface area contributed by atoms with Gasteiger partial charge in [0.15, 0.2) is 0 Å². The molecule has 1 nitrogen and oxygen atoms in total. The molecule has 0 N–H and O–H groups in total. The molecule has 0 radical (unpaired) electrons. The summed E-state index contributed by atoms with van der Waals surface area (Å²) >= 11 is 0. The summed E-state index contributed by atoms with van der Waals surface area (Å²) in [6.07, 6.45) is 6.18. The molecule has 0 saturated heterocycles. The van der Waals surface area contributed by atoms with Gasteiger partial charge in [0, 0.05) is 6.07 Å². The average molecular weight is 224 g/mol. The molecule has 0 saturated carbocycles. The van der Waals surface area contributed by atoms with Crippen LogP contribution in [-0.2, 0) is 0 Å². The first kappa shape index (κ1) is 13.0. The van der Waals surface area contributed by atoms with Crippen molar-refractivity contribution in [3.63, 3.8) is 0 Å². The Morgan fingerprint density at radius 3 is 2.75 bits per heavy atom. The van der Waals surface area contributed by atoms with Gasteiger partial charge in [-0.05, 0) is 31.9 Å². The Morgan fingerprint density at radius 2 is 2.06 bits per heavy atom. The summed E-state index contributed by atoms with van der Waals surface area (Å²) in [6, 6.07) is 6.33. The molecule has 1 rings (SSSR count). The monoisotopic (exact) mass is 224 g/mol. The fourth-order valence-corrected chi connectivity index (χ4v) is 1.69. The SMILES string of the molecule is CCCCCCC(C)Oc1cccc(F)c1. The van der Waals surface area contributed by atoms with Gasteiger partial charge < -0.3 is 4.74 Å². The number of hydrogen-bond acceptors (Lipinski definition) is 1. The van der Waals surface area contributed by atoms with Crippen molar-refractivity contribution in [2.45, 2.75) is 52.1 Å². The number of halogens is 1. The predicted octanol–water partition coefficient (Wildman–Crippen LogP) is 4.56. The van der Waals surface area contributed by atoms with Crippen LogP contribution >= 0.6 is 0 Å². The lowest BCUT2D eigenvalue weighted by molar-refractivity contribution is 0.205. The summed E-state index contributed by atoms with van der Waals surface area (Å²) in [5.41, 5.74) is 0. The number of benzene rings is 1. The van der Waals surface area contributed by atoms with E-state index in [0.29, 0.717) is 5.75 Å². The number of unbranched alkanes of at least 4 members (excludes halogenated alkanes) is 3. The van der Waals surface area contributed by atoms with Crippen molar-refractivity contribution < 1.29 is 9.13 Å². The molecule has 0 spiro atoms. The Hall–Kier alpha value is -1.05. The molecule has 0 heterocycles. The first-order chi connectivity index (χ1) is 7.72. The molecular weight excluding hydrogens is 203 g/mol. The summed E-state index contributed by atoms with van der Waals surface area (Å²) in [4.78, 5) is 0. The predicted molar refractivity (Wildman–Crippen MR) is 65.2 cm³/mol. The van der Waals surface area contributed by atoms with Crippen LogP contribution in [0.5, 0.6) is 5.75 Å². The van der Waals surface area contributed by atoms with Gasteiger partial charge in [0.05, 0.1) is 6.10 Å². The molecule has 1 aromatic carbocycles. The number of ether oxygens (including phenoxy) is 1. The topological polar surface area (TPSA) is 9.23 Å². The van der Waals surface area contributed by atoms with Crippen LogP contribution in [0.3, 0.4) is 0 Å². The zero-order chi connectivity index (χ0) is 11.8. The van der Waals surface area contributed by atoms with Gasteiger partial charge in [-0.15, -0.1) is 0 Å². The molecule has 0 aliphatic heterocycles. The van der Waals surface area contributed by atoms with Crippen molar-refractivity contribution in [1.29, 1.82) is 0 Å². The summed E-state index contributed by atoms with van der Waals surface area (Å²) in [5.74, 6) is 0.388. The van der Waals surface area contributed by atoms with E-state index in [1.54, 1.807) is 12.1 Å². The largest absolute Gasteiger partial charge is 0.491 e. The summed E-state index contributed by atoms with van der Waals surface area (Å²) in [5, 5.41) is 0. The van der Waals surface area contributed by atoms with Crippen molar-refractivity contribution in [1.82, 2.24) is 0 Å². The first-order valence-corrected chi connectivity index (χ1v) is 6.14. The lowest BCUT2D eigenvalue weighted by atomic mass is 10.1. The normalized spacial score (nSPS) is 12.4. The van der Waals surface area contributed by atoms with E-state index in [0.717, 1.165) is 6.42 Å². The highest BCUT2D eigenvalue weighted by molar-refractivity contribution is 5.22. The van der Waals surface area contributed by atoms with Crippen molar-refractivity contribution in [2.24, 2.45) is 0 Å². The van der Waals surface area contributed by atoms with Crippen LogP contribution in [0, 0.1) is 5.82 Å². The molecule has 1 atom stereocenters. The van der Waals surface area contributed by atoms with Crippen LogP contribution < -0.4 is 4.74 Å². The van der Waals surface area contributed by atoms with Crippen molar-refractivity contribution >= 4 is 0 Å². The second-order valence-electron chi connectivity index (χ2n) is 4.24. The van der Waals surface area contributed by atoms with E-state index in [-0.39, 0.29) is 11.9 Å². The Bertz CT molecular complexity index is 299. The molecule has 2 heteroatoms. The van der Waals surface area contributed by atoms with Crippen molar-refractivity contribution in [2.75, 3.05) is 0 Å². The Morgan fingerprint density at radius 1 is 1.25 bits per heavy atom. The standard InChI is InChI=1S/C14H21FO/c1-3-4-5-6-8-12(2)16-14-10-7-9-13(15)11-14/h7,9-12H,3-6,8H2,1-2H3. The molecule has 0 amide bonds. The van der Waals surface area contributed by atoms with E-state index in [1.165, 1.54) is 37.8 Å². The fourth-order valence-electron chi connectivity index (χ4n) is 1.69. The molecule has 16 heavy (non-hydrogen) atoms. The zero-order valence-electron chi connectivity index (χ0n) is 10.2. The average Bonchev–Trinajstić information content (AvgIpc) is 2.24. The second-order valence-corrected chi connectivity index (χ2v) is 4.24. The second kappa shape index (κ2) is 7.26. The maximum Gasteiger partial charge on any atom is 0.126 e. The van der Waals surface area contributed by atoms with Crippen LogP contribution in [0.4, 0.5) is 4.39 Å². The third kappa shape index (κ3) is 5.15. The zero-order valence-corrected chi connectivity index (χ0v) is 10.2. The summed E-state index contributed by atoms with van der Waals surface area (Å²) in [7, 11) is 0. The minimum atomic E-state index is -0.240. The van der Waals surface area contributed by atoms with Gasteiger partial charge in [0.1, 0.15) is 11.6 Å². The van der Waals surface area contributed by atoms with Gasteiger partial charge in [-0.3, -0.25) is 0 Å². The maximum atomic E-state index is 12.9. The quantitative estimate of drug-likeness (QED) is 0.617. The molecular formula is C14H21FO. The van der Waals surface area contributed by atoms with Crippen LogP contribution in [0.1, 0.15) is 46.0 Å². The molecule has 1 unspecified atom stereocenters. The van der Waals surface area contributed by atoms with Gasteiger partial charge in [0.25, 0.3) is 0 Å². The van der Waals surface area contributed by atoms with Crippen molar-refractivity contribution in [3.05, 3.63) is 30.1 Å². The smallest absolute Gasteiger partial charge is 0.126 e. The molecule has 1 aromatic rings. The van der Waals surface area contributed by atoms with Crippen LogP contribution in [0.15, 0.2) is 24.3 Å². The summed E-state index contributed by atoms with van der Waals surface area (Å²) < 4.78 is 18.5. The minimum Gasteiger partial charge on any atom is -0.491 e. The highest BCUT2D eigenvalue weighted by atomic mass is 19.1. The lowest BCUT2D eigenvalue weighted by Crippen LogP contribution is -2.11. The molecule has 0 aliphatic carbocycles. The Kier molecular flexibility index (Phi) is 5.91. The van der Waals surface area contributed by atoms with Gasteiger partial charge in [-0.2, -0.15) is 0 Å². The van der Waals surface area contributed by atoms with E-state index >= 15 is 0 Å². The Balaban J connectivity index is 2.25. The Labute approximate surface area is 97.6 Å². The molecule has 0 aromatic heterocycles. The maximum absolute atomic E-state index is 12.9. The first-order valence-electron chi connectivity index (χ1n) is 6.14. The van der Waals surface area contributed by atoms with E-state index < -0.39 is 0 Å². The van der Waals surface area contributed by atoms with E-state index in [1.807, 2.05) is 6.92 Å². The van der Waals surface area contributed by atoms with Crippen LogP contribution in [-0.4, -0.2) is 6.10 Å². The van der Waals surface area contributed by atoms with Crippen LogP contribution in [0.25, 0.3) is 0 Å². The van der Waals surface area contributed by atoms with E-state index in [2.05, 4.69) is 6.92 Å². The highest BCUT2D eigenvalue weighted by Gasteiger charge is 2.04. The third-order valence-electron chi connectivity index (χ3n) is 2.60. The van der Waals surface area contributed by atoms with Gasteiger partial charge >= 0.3 is 0 Å². The number of rotatable bonds is 7. The molecule has 0 fully saturated rings. The lowest BCUT2D eigenvalue weighted by Gasteiger charge is -2.14. The molecule has 0 aliphatic rings. The fraction of sp³-hybridized carbons (Fsp3) is 0.571. The summed E-state index contributed by atoms with van der Waals surface area (Å²) in [6.45, 7) is 4.24. The van der Waals surface area contributed by atoms with Gasteiger partial charge in [0.2, 0.25) is 0 Å². The molecule has 0 bridgehead atoms. The van der Waals surface area contributed by atoms with Gasteiger partial charge in [-0.1, -0.05) is 32.3 Å².